The van der Waals surface area contributed by atoms with Crippen LogP contribution < -0.4 is 10.2 Å². The van der Waals surface area contributed by atoms with Gasteiger partial charge in [0.05, 0.1) is 11.7 Å². The zero-order valence-electron chi connectivity index (χ0n) is 19.4. The molecule has 2 fully saturated rings. The Hall–Kier alpha value is -3.15. The number of urea groups is 1. The zero-order chi connectivity index (χ0) is 23.2. The van der Waals surface area contributed by atoms with Crippen molar-refractivity contribution >= 4 is 23.5 Å². The topological polar surface area (TPSA) is 69.7 Å². The van der Waals surface area contributed by atoms with Gasteiger partial charge in [-0.15, -0.1) is 0 Å². The number of hydrogen-bond acceptors (Lipinski definition) is 3. The Morgan fingerprint density at radius 1 is 1.00 bits per heavy atom. The van der Waals surface area contributed by atoms with E-state index in [1.807, 2.05) is 36.4 Å². The first-order valence-corrected chi connectivity index (χ1v) is 11.2. The van der Waals surface area contributed by atoms with Crippen LogP contribution in [0.4, 0.5) is 10.5 Å². The van der Waals surface area contributed by atoms with Gasteiger partial charge in [-0.05, 0) is 53.1 Å². The lowest BCUT2D eigenvalue weighted by molar-refractivity contribution is -0.122. The predicted molar refractivity (Wildman–Crippen MR) is 125 cm³/mol. The number of carbonyl (C=O) groups is 3. The number of likely N-dealkylation sites (tertiary alicyclic amines) is 1. The number of nitrogens with zero attached hydrogens (tertiary/aromatic N) is 2. The molecule has 2 saturated heterocycles. The van der Waals surface area contributed by atoms with Gasteiger partial charge >= 0.3 is 6.03 Å². The molecule has 0 bridgehead atoms. The molecule has 1 N–H and O–H groups in total. The number of benzene rings is 2. The van der Waals surface area contributed by atoms with Gasteiger partial charge in [0.15, 0.2) is 0 Å². The molecule has 2 aromatic rings. The van der Waals surface area contributed by atoms with Gasteiger partial charge in [-0.1, -0.05) is 58.9 Å². The van der Waals surface area contributed by atoms with E-state index in [4.69, 9.17) is 0 Å². The van der Waals surface area contributed by atoms with Crippen LogP contribution in [0, 0.1) is 0 Å². The fourth-order valence-electron chi connectivity index (χ4n) is 4.46. The standard InChI is InChI=1S/C26H31N3O3/c1-16(2)17-8-12-20(13-9-17)29-24(31)22-21(27-25(29)32)14-15-28(22)23(30)18-6-10-19(11-7-18)26(3,4)5/h6-13,16,21-22H,14-15H2,1-5H3,(H,27,32)/t21-,22+/m1/s1. The van der Waals surface area contributed by atoms with Gasteiger partial charge in [0.2, 0.25) is 0 Å². The summed E-state index contributed by atoms with van der Waals surface area (Å²) in [6, 6.07) is 13.5. The maximum absolute atomic E-state index is 13.4. The molecule has 2 aliphatic heterocycles. The molecule has 6 heteroatoms. The number of amides is 4. The van der Waals surface area contributed by atoms with Crippen molar-refractivity contribution in [2.75, 3.05) is 11.4 Å². The fraction of sp³-hybridized carbons (Fsp3) is 0.423. The Balaban J connectivity index is 1.59. The predicted octanol–water partition coefficient (Wildman–Crippen LogP) is 4.45. The normalized spacial score (nSPS) is 21.1. The number of fused-ring (bicyclic) bond motifs is 1. The van der Waals surface area contributed by atoms with Crippen LogP contribution in [-0.4, -0.2) is 41.4 Å². The van der Waals surface area contributed by atoms with Crippen LogP contribution in [0.25, 0.3) is 0 Å². The second kappa shape index (κ2) is 8.08. The number of rotatable bonds is 3. The van der Waals surface area contributed by atoms with Crippen LogP contribution in [0.2, 0.25) is 0 Å². The lowest BCUT2D eigenvalue weighted by Crippen LogP contribution is -2.65. The zero-order valence-corrected chi connectivity index (χ0v) is 19.4. The summed E-state index contributed by atoms with van der Waals surface area (Å²) in [7, 11) is 0. The minimum atomic E-state index is -0.702. The highest BCUT2D eigenvalue weighted by Gasteiger charge is 2.50. The van der Waals surface area contributed by atoms with Gasteiger partial charge < -0.3 is 10.2 Å². The minimum absolute atomic E-state index is 0.00441. The van der Waals surface area contributed by atoms with E-state index in [0.717, 1.165) is 11.1 Å². The maximum atomic E-state index is 13.4. The largest absolute Gasteiger partial charge is 0.332 e. The summed E-state index contributed by atoms with van der Waals surface area (Å²) in [4.78, 5) is 42.2. The van der Waals surface area contributed by atoms with Crippen LogP contribution in [0.5, 0.6) is 0 Å². The van der Waals surface area contributed by atoms with Crippen LogP contribution in [0.15, 0.2) is 48.5 Å². The molecular formula is C26H31N3O3. The summed E-state index contributed by atoms with van der Waals surface area (Å²) in [5.74, 6) is -0.183. The highest BCUT2D eigenvalue weighted by atomic mass is 16.2. The second-order valence-electron chi connectivity index (χ2n) is 10.0. The number of imide groups is 1. The first-order chi connectivity index (χ1) is 15.1. The summed E-state index contributed by atoms with van der Waals surface area (Å²) < 4.78 is 0. The summed E-state index contributed by atoms with van der Waals surface area (Å²) in [6.45, 7) is 11.0. The first-order valence-electron chi connectivity index (χ1n) is 11.2. The highest BCUT2D eigenvalue weighted by Crippen LogP contribution is 2.30. The van der Waals surface area contributed by atoms with Crippen LogP contribution >= 0.6 is 0 Å². The van der Waals surface area contributed by atoms with Gasteiger partial charge in [-0.3, -0.25) is 9.59 Å². The molecule has 168 valence electrons. The van der Waals surface area contributed by atoms with E-state index in [0.29, 0.717) is 30.1 Å². The van der Waals surface area contributed by atoms with Gasteiger partial charge in [-0.25, -0.2) is 9.69 Å². The Morgan fingerprint density at radius 2 is 1.62 bits per heavy atom. The van der Waals surface area contributed by atoms with Crippen molar-refractivity contribution in [2.45, 2.75) is 64.5 Å². The molecule has 0 aromatic heterocycles. The monoisotopic (exact) mass is 433 g/mol. The SMILES string of the molecule is CC(C)c1ccc(N2C(=O)N[C@@H]3CCN(C(=O)c4ccc(C(C)(C)C)cc4)[C@@H]3C2=O)cc1. The third-order valence-corrected chi connectivity index (χ3v) is 6.46. The van der Waals surface area contributed by atoms with E-state index in [1.165, 1.54) is 4.90 Å². The van der Waals surface area contributed by atoms with Crippen molar-refractivity contribution in [3.8, 4) is 0 Å². The molecule has 0 radical (unpaired) electrons. The Kier molecular flexibility index (Phi) is 5.57. The van der Waals surface area contributed by atoms with E-state index in [1.54, 1.807) is 17.0 Å². The summed E-state index contributed by atoms with van der Waals surface area (Å²) in [5, 5.41) is 2.93. The molecular weight excluding hydrogens is 402 g/mol. The van der Waals surface area contributed by atoms with E-state index in [9.17, 15) is 14.4 Å². The molecule has 0 unspecified atom stereocenters. The van der Waals surface area contributed by atoms with Gasteiger partial charge in [-0.2, -0.15) is 0 Å². The number of carbonyl (C=O) groups excluding carboxylic acids is 3. The average Bonchev–Trinajstić information content (AvgIpc) is 3.17. The average molecular weight is 434 g/mol. The smallest absolute Gasteiger partial charge is 0.329 e. The van der Waals surface area contributed by atoms with Crippen molar-refractivity contribution < 1.29 is 14.4 Å². The van der Waals surface area contributed by atoms with Crippen LogP contribution in [-0.2, 0) is 10.2 Å². The Labute approximate surface area is 189 Å². The lowest BCUT2D eigenvalue weighted by atomic mass is 9.86. The molecule has 0 spiro atoms. The van der Waals surface area contributed by atoms with E-state index >= 15 is 0 Å². The number of hydrogen-bond donors (Lipinski definition) is 1. The van der Waals surface area contributed by atoms with Crippen molar-refractivity contribution in [1.82, 2.24) is 10.2 Å². The molecule has 6 nitrogen and oxygen atoms in total. The highest BCUT2D eigenvalue weighted by molar-refractivity contribution is 6.19. The summed E-state index contributed by atoms with van der Waals surface area (Å²) in [5.41, 5.74) is 3.34. The third kappa shape index (κ3) is 3.90. The second-order valence-corrected chi connectivity index (χ2v) is 10.0. The third-order valence-electron chi connectivity index (χ3n) is 6.46. The fourth-order valence-corrected chi connectivity index (χ4v) is 4.46. The molecule has 2 aliphatic rings. The van der Waals surface area contributed by atoms with Crippen molar-refractivity contribution in [1.29, 1.82) is 0 Å². The van der Waals surface area contributed by atoms with Gasteiger partial charge in [0.25, 0.3) is 11.8 Å². The quantitative estimate of drug-likeness (QED) is 0.778. The first kappa shape index (κ1) is 22.1. The van der Waals surface area contributed by atoms with Gasteiger partial charge in [0, 0.05) is 12.1 Å². The van der Waals surface area contributed by atoms with Crippen molar-refractivity contribution in [3.05, 3.63) is 65.2 Å². The molecule has 4 amide bonds. The van der Waals surface area contributed by atoms with Gasteiger partial charge in [0.1, 0.15) is 6.04 Å². The van der Waals surface area contributed by atoms with E-state index in [-0.39, 0.29) is 23.3 Å². The van der Waals surface area contributed by atoms with Crippen molar-refractivity contribution in [3.63, 3.8) is 0 Å². The molecule has 2 aromatic carbocycles. The number of anilines is 1. The van der Waals surface area contributed by atoms with E-state index in [2.05, 4.69) is 39.9 Å². The summed E-state index contributed by atoms with van der Waals surface area (Å²) >= 11 is 0. The van der Waals surface area contributed by atoms with Crippen molar-refractivity contribution in [2.24, 2.45) is 0 Å². The molecule has 2 atom stereocenters. The molecule has 4 rings (SSSR count). The Morgan fingerprint density at radius 3 is 2.19 bits per heavy atom. The molecule has 2 heterocycles. The lowest BCUT2D eigenvalue weighted by Gasteiger charge is -2.37. The molecule has 0 saturated carbocycles. The minimum Gasteiger partial charge on any atom is -0.332 e. The maximum Gasteiger partial charge on any atom is 0.329 e. The molecule has 32 heavy (non-hydrogen) atoms. The molecule has 0 aliphatic carbocycles. The summed E-state index contributed by atoms with van der Waals surface area (Å²) in [6.07, 6.45) is 0.564. The number of nitrogens with one attached hydrogen (secondary N) is 1. The van der Waals surface area contributed by atoms with E-state index < -0.39 is 12.1 Å². The Bertz CT molecular complexity index is 1040. The van der Waals surface area contributed by atoms with Crippen LogP contribution in [0.1, 0.15) is 68.4 Å². The van der Waals surface area contributed by atoms with Crippen LogP contribution in [0.3, 0.4) is 0 Å².